The van der Waals surface area contributed by atoms with E-state index in [2.05, 4.69) is 26.7 Å². The van der Waals surface area contributed by atoms with Crippen LogP contribution in [0.2, 0.25) is 0 Å². The highest BCUT2D eigenvalue weighted by molar-refractivity contribution is 5.98. The molecule has 3 aromatic rings. The second-order valence-electron chi connectivity index (χ2n) is 8.48. The molecule has 1 unspecified atom stereocenters. The van der Waals surface area contributed by atoms with Crippen LogP contribution < -0.4 is 10.6 Å². The maximum Gasteiger partial charge on any atom is 0.246 e. The number of amides is 2. The number of anilines is 1. The van der Waals surface area contributed by atoms with Gasteiger partial charge in [-0.15, -0.1) is 0 Å². The van der Waals surface area contributed by atoms with Crippen LogP contribution in [0.4, 0.5) is 5.82 Å². The van der Waals surface area contributed by atoms with Crippen LogP contribution in [-0.4, -0.2) is 39.3 Å². The Morgan fingerprint density at radius 1 is 1.26 bits per heavy atom. The van der Waals surface area contributed by atoms with Gasteiger partial charge in [0.25, 0.3) is 0 Å². The molecule has 7 heteroatoms. The third-order valence-corrected chi connectivity index (χ3v) is 5.86. The first kappa shape index (κ1) is 20.8. The van der Waals surface area contributed by atoms with E-state index in [1.807, 2.05) is 51.1 Å². The van der Waals surface area contributed by atoms with Crippen LogP contribution in [0, 0.1) is 0 Å². The molecule has 0 fully saturated rings. The first-order chi connectivity index (χ1) is 14.7. The molecule has 4 rings (SSSR count). The Bertz CT molecular complexity index is 1140. The molecular weight excluding hydrogens is 390 g/mol. The monoisotopic (exact) mass is 417 g/mol. The van der Waals surface area contributed by atoms with Gasteiger partial charge in [-0.3, -0.25) is 14.9 Å². The summed E-state index contributed by atoms with van der Waals surface area (Å²) < 4.78 is 0. The number of nitrogens with zero attached hydrogens (tertiary/aromatic N) is 2. The minimum Gasteiger partial charge on any atom is -0.357 e. The highest BCUT2D eigenvalue weighted by Gasteiger charge is 2.30. The van der Waals surface area contributed by atoms with Gasteiger partial charge >= 0.3 is 0 Å². The lowest BCUT2D eigenvalue weighted by Crippen LogP contribution is -2.47. The summed E-state index contributed by atoms with van der Waals surface area (Å²) in [6, 6.07) is 12.0. The van der Waals surface area contributed by atoms with Gasteiger partial charge in [0.2, 0.25) is 11.8 Å². The summed E-state index contributed by atoms with van der Waals surface area (Å²) in [5.74, 6) is 0.328. The van der Waals surface area contributed by atoms with Gasteiger partial charge in [-0.25, -0.2) is 4.98 Å². The Labute approximate surface area is 181 Å². The summed E-state index contributed by atoms with van der Waals surface area (Å²) in [4.78, 5) is 34.4. The normalized spacial score (nSPS) is 16.6. The SMILES string of the molecule is CC(c1cc2ccccc2[nH]1)N(C)C(=O)/C=C/c1cnc2c(c1)CNC(C)(C)C(=O)N2. The Balaban J connectivity index is 1.47. The fraction of sp³-hybridized carbons (Fsp3) is 0.292. The maximum absolute atomic E-state index is 12.8. The molecule has 7 nitrogen and oxygen atoms in total. The predicted octanol–water partition coefficient (Wildman–Crippen LogP) is 3.62. The smallest absolute Gasteiger partial charge is 0.246 e. The topological polar surface area (TPSA) is 90.1 Å². The van der Waals surface area contributed by atoms with Gasteiger partial charge in [-0.05, 0) is 56.0 Å². The van der Waals surface area contributed by atoms with Crippen molar-refractivity contribution in [3.05, 3.63) is 65.5 Å². The number of likely N-dealkylation sites (N-methyl/N-ethyl adjacent to an activating group) is 1. The van der Waals surface area contributed by atoms with Gasteiger partial charge in [0.05, 0.1) is 11.6 Å². The molecule has 3 N–H and O–H groups in total. The Morgan fingerprint density at radius 3 is 2.81 bits per heavy atom. The molecule has 1 aliphatic rings. The van der Waals surface area contributed by atoms with Crippen LogP contribution in [0.25, 0.3) is 17.0 Å². The number of hydrogen-bond donors (Lipinski definition) is 3. The number of rotatable bonds is 4. The van der Waals surface area contributed by atoms with E-state index in [1.54, 1.807) is 30.3 Å². The molecule has 0 bridgehead atoms. The van der Waals surface area contributed by atoms with E-state index in [9.17, 15) is 9.59 Å². The van der Waals surface area contributed by atoms with Crippen LogP contribution in [0.15, 0.2) is 48.7 Å². The number of nitrogens with one attached hydrogen (secondary N) is 3. The fourth-order valence-corrected chi connectivity index (χ4v) is 3.53. The molecule has 0 radical (unpaired) electrons. The lowest BCUT2D eigenvalue weighted by molar-refractivity contribution is -0.126. The molecule has 31 heavy (non-hydrogen) atoms. The number of benzene rings is 1. The number of aromatic amines is 1. The highest BCUT2D eigenvalue weighted by Crippen LogP contribution is 2.24. The molecule has 160 valence electrons. The van der Waals surface area contributed by atoms with Crippen molar-refractivity contribution in [2.75, 3.05) is 12.4 Å². The first-order valence-corrected chi connectivity index (χ1v) is 10.3. The van der Waals surface area contributed by atoms with Gasteiger partial charge in [0.1, 0.15) is 5.82 Å². The molecule has 0 spiro atoms. The molecule has 0 saturated carbocycles. The van der Waals surface area contributed by atoms with Crippen LogP contribution >= 0.6 is 0 Å². The molecule has 1 aliphatic heterocycles. The standard InChI is InChI=1S/C24H27N5O2/c1-15(20-12-17-7-5-6-8-19(17)27-20)29(4)21(30)10-9-16-11-18-14-26-24(2,3)23(31)28-22(18)25-13-16/h5-13,15,26-27H,14H2,1-4H3,(H,25,28,31)/b10-9+. The van der Waals surface area contributed by atoms with Crippen molar-refractivity contribution in [2.45, 2.75) is 38.9 Å². The van der Waals surface area contributed by atoms with Gasteiger partial charge in [0, 0.05) is 42.6 Å². The number of para-hydroxylation sites is 1. The van der Waals surface area contributed by atoms with Crippen molar-refractivity contribution in [1.82, 2.24) is 20.2 Å². The predicted molar refractivity (Wildman–Crippen MR) is 122 cm³/mol. The molecule has 3 heterocycles. The van der Waals surface area contributed by atoms with Crippen LogP contribution in [-0.2, 0) is 16.1 Å². The van der Waals surface area contributed by atoms with Crippen molar-refractivity contribution in [3.8, 4) is 0 Å². The van der Waals surface area contributed by atoms with E-state index >= 15 is 0 Å². The van der Waals surface area contributed by atoms with Gasteiger partial charge < -0.3 is 15.2 Å². The summed E-state index contributed by atoms with van der Waals surface area (Å²) in [5.41, 5.74) is 3.05. The number of carbonyl (C=O) groups excluding carboxylic acids is 2. The molecule has 2 aromatic heterocycles. The number of H-pyrrole nitrogens is 1. The highest BCUT2D eigenvalue weighted by atomic mass is 16.2. The average Bonchev–Trinajstić information content (AvgIpc) is 3.15. The lowest BCUT2D eigenvalue weighted by atomic mass is 10.1. The zero-order chi connectivity index (χ0) is 22.2. The van der Waals surface area contributed by atoms with Gasteiger partial charge in [-0.2, -0.15) is 0 Å². The Hall–Kier alpha value is -3.45. The zero-order valence-corrected chi connectivity index (χ0v) is 18.2. The molecule has 1 aromatic carbocycles. The number of carbonyl (C=O) groups is 2. The Morgan fingerprint density at radius 2 is 2.03 bits per heavy atom. The number of fused-ring (bicyclic) bond motifs is 2. The third kappa shape index (κ3) is 4.22. The van der Waals surface area contributed by atoms with E-state index in [1.165, 1.54) is 0 Å². The molecule has 1 atom stereocenters. The average molecular weight is 418 g/mol. The summed E-state index contributed by atoms with van der Waals surface area (Å²) in [6.07, 6.45) is 4.96. The molecular formula is C24H27N5O2. The Kier molecular flexibility index (Phi) is 5.37. The van der Waals surface area contributed by atoms with Gasteiger partial charge in [0.15, 0.2) is 0 Å². The number of aromatic nitrogens is 2. The molecule has 0 saturated heterocycles. The summed E-state index contributed by atoms with van der Waals surface area (Å²) in [7, 11) is 1.79. The summed E-state index contributed by atoms with van der Waals surface area (Å²) in [5, 5.41) is 7.20. The quantitative estimate of drug-likeness (QED) is 0.566. The van der Waals surface area contributed by atoms with Crippen molar-refractivity contribution in [1.29, 1.82) is 0 Å². The van der Waals surface area contributed by atoms with E-state index < -0.39 is 5.54 Å². The van der Waals surface area contributed by atoms with E-state index in [4.69, 9.17) is 0 Å². The van der Waals surface area contributed by atoms with Crippen molar-refractivity contribution < 1.29 is 9.59 Å². The molecule has 0 aliphatic carbocycles. The summed E-state index contributed by atoms with van der Waals surface area (Å²) >= 11 is 0. The maximum atomic E-state index is 12.8. The fourth-order valence-electron chi connectivity index (χ4n) is 3.53. The third-order valence-electron chi connectivity index (χ3n) is 5.86. The lowest BCUT2D eigenvalue weighted by Gasteiger charge is -2.22. The van der Waals surface area contributed by atoms with E-state index in [0.29, 0.717) is 12.4 Å². The second kappa shape index (κ2) is 8.00. The van der Waals surface area contributed by atoms with E-state index in [0.717, 1.165) is 27.7 Å². The number of hydrogen-bond acceptors (Lipinski definition) is 4. The van der Waals surface area contributed by atoms with Crippen molar-refractivity contribution in [2.24, 2.45) is 0 Å². The number of pyridine rings is 1. The second-order valence-corrected chi connectivity index (χ2v) is 8.48. The van der Waals surface area contributed by atoms with Crippen molar-refractivity contribution >= 4 is 34.6 Å². The first-order valence-electron chi connectivity index (χ1n) is 10.3. The zero-order valence-electron chi connectivity index (χ0n) is 18.2. The van der Waals surface area contributed by atoms with Crippen molar-refractivity contribution in [3.63, 3.8) is 0 Å². The van der Waals surface area contributed by atoms with Gasteiger partial charge in [-0.1, -0.05) is 18.2 Å². The largest absolute Gasteiger partial charge is 0.357 e. The van der Waals surface area contributed by atoms with Crippen LogP contribution in [0.3, 0.4) is 0 Å². The minimum absolute atomic E-state index is 0.101. The molecule has 2 amide bonds. The van der Waals surface area contributed by atoms with Crippen LogP contribution in [0.5, 0.6) is 0 Å². The van der Waals surface area contributed by atoms with Crippen LogP contribution in [0.1, 0.15) is 43.6 Å². The van der Waals surface area contributed by atoms with E-state index in [-0.39, 0.29) is 17.9 Å². The minimum atomic E-state index is -0.672. The summed E-state index contributed by atoms with van der Waals surface area (Å²) in [6.45, 7) is 6.17.